The quantitative estimate of drug-likeness (QED) is 0.861. The highest BCUT2D eigenvalue weighted by Gasteiger charge is 2.05. The Bertz CT molecular complexity index is 539. The molecule has 2 aromatic rings. The lowest BCUT2D eigenvalue weighted by Gasteiger charge is -2.07. The zero-order valence-electron chi connectivity index (χ0n) is 11.4. The first-order valence-corrected chi connectivity index (χ1v) is 6.37. The Balaban J connectivity index is 2.02. The van der Waals surface area contributed by atoms with Crippen LogP contribution in [0.3, 0.4) is 0 Å². The van der Waals surface area contributed by atoms with Crippen molar-refractivity contribution in [1.82, 2.24) is 15.0 Å². The molecule has 0 saturated carbocycles. The molecule has 0 radical (unpaired) electrons. The minimum atomic E-state index is 0.453. The summed E-state index contributed by atoms with van der Waals surface area (Å²) < 4.78 is 10.9. The van der Waals surface area contributed by atoms with Crippen LogP contribution in [-0.4, -0.2) is 21.6 Å². The Labute approximate surface area is 112 Å². The molecule has 0 amide bonds. The second-order valence-corrected chi connectivity index (χ2v) is 4.03. The summed E-state index contributed by atoms with van der Waals surface area (Å²) in [5.74, 6) is 2.58. The van der Waals surface area contributed by atoms with Crippen LogP contribution in [0.4, 0.5) is 5.95 Å². The smallest absolute Gasteiger partial charge is 0.226 e. The van der Waals surface area contributed by atoms with Crippen molar-refractivity contribution in [2.24, 2.45) is 0 Å². The molecule has 19 heavy (non-hydrogen) atoms. The molecule has 0 aromatic carbocycles. The third-order valence-electron chi connectivity index (χ3n) is 2.47. The molecule has 0 saturated heterocycles. The molecular formula is C13H18N4O2. The minimum absolute atomic E-state index is 0.453. The zero-order chi connectivity index (χ0) is 13.7. The van der Waals surface area contributed by atoms with Gasteiger partial charge < -0.3 is 14.5 Å². The number of rotatable bonds is 6. The van der Waals surface area contributed by atoms with Gasteiger partial charge in [-0.3, -0.25) is 0 Å². The average molecular weight is 262 g/mol. The van der Waals surface area contributed by atoms with Crippen molar-refractivity contribution in [2.75, 3.05) is 11.9 Å². The minimum Gasteiger partial charge on any atom is -0.478 e. The maximum atomic E-state index is 5.50. The highest BCUT2D eigenvalue weighted by atomic mass is 16.5. The summed E-state index contributed by atoms with van der Waals surface area (Å²) in [5.41, 5.74) is 0.850. The van der Waals surface area contributed by atoms with Crippen LogP contribution in [0, 0.1) is 6.92 Å². The molecule has 0 aliphatic heterocycles. The van der Waals surface area contributed by atoms with Crippen molar-refractivity contribution in [3.05, 3.63) is 29.6 Å². The summed E-state index contributed by atoms with van der Waals surface area (Å²) >= 11 is 0. The molecule has 0 spiro atoms. The molecule has 1 N–H and O–H groups in total. The van der Waals surface area contributed by atoms with Gasteiger partial charge >= 0.3 is 0 Å². The van der Waals surface area contributed by atoms with Gasteiger partial charge in [-0.2, -0.15) is 4.98 Å². The molecule has 0 fully saturated rings. The van der Waals surface area contributed by atoms with Gasteiger partial charge in [-0.25, -0.2) is 9.97 Å². The molecule has 2 aromatic heterocycles. The molecule has 0 aliphatic rings. The maximum Gasteiger partial charge on any atom is 0.226 e. The summed E-state index contributed by atoms with van der Waals surface area (Å²) in [6, 6.07) is 1.80. The van der Waals surface area contributed by atoms with Crippen LogP contribution in [0.5, 0.6) is 5.88 Å². The largest absolute Gasteiger partial charge is 0.478 e. The summed E-state index contributed by atoms with van der Waals surface area (Å²) in [6.07, 6.45) is 2.57. The molecule has 6 heteroatoms. The molecule has 0 bridgehead atoms. The molecule has 2 rings (SSSR count). The SMILES string of the molecule is CCOc1cc(C)nc(NCc2ncc(CC)o2)n1. The summed E-state index contributed by atoms with van der Waals surface area (Å²) in [4.78, 5) is 12.7. The van der Waals surface area contributed by atoms with E-state index in [1.165, 1.54) is 0 Å². The Hall–Kier alpha value is -2.11. The van der Waals surface area contributed by atoms with E-state index in [0.29, 0.717) is 30.9 Å². The van der Waals surface area contributed by atoms with E-state index in [2.05, 4.69) is 20.3 Å². The maximum absolute atomic E-state index is 5.50. The first-order valence-electron chi connectivity index (χ1n) is 6.37. The lowest BCUT2D eigenvalue weighted by atomic mass is 10.4. The molecule has 0 atom stereocenters. The van der Waals surface area contributed by atoms with Crippen molar-refractivity contribution >= 4 is 5.95 Å². The van der Waals surface area contributed by atoms with Crippen LogP contribution >= 0.6 is 0 Å². The molecular weight excluding hydrogens is 244 g/mol. The third kappa shape index (κ3) is 3.67. The summed E-state index contributed by atoms with van der Waals surface area (Å²) in [7, 11) is 0. The van der Waals surface area contributed by atoms with Gasteiger partial charge in [-0.1, -0.05) is 6.92 Å². The average Bonchev–Trinajstić information content (AvgIpc) is 2.84. The zero-order valence-corrected chi connectivity index (χ0v) is 11.4. The van der Waals surface area contributed by atoms with Crippen molar-refractivity contribution < 1.29 is 9.15 Å². The Morgan fingerprint density at radius 3 is 2.84 bits per heavy atom. The monoisotopic (exact) mass is 262 g/mol. The molecule has 102 valence electrons. The Morgan fingerprint density at radius 2 is 2.16 bits per heavy atom. The van der Waals surface area contributed by atoms with Gasteiger partial charge in [0.05, 0.1) is 19.3 Å². The second kappa shape index (κ2) is 6.17. The number of hydrogen-bond acceptors (Lipinski definition) is 6. The van der Waals surface area contributed by atoms with Crippen LogP contribution in [0.2, 0.25) is 0 Å². The van der Waals surface area contributed by atoms with E-state index in [1.807, 2.05) is 20.8 Å². The number of nitrogens with one attached hydrogen (secondary N) is 1. The third-order valence-corrected chi connectivity index (χ3v) is 2.47. The molecule has 6 nitrogen and oxygen atoms in total. The van der Waals surface area contributed by atoms with Crippen LogP contribution in [0.1, 0.15) is 31.2 Å². The van der Waals surface area contributed by atoms with Gasteiger partial charge in [0.15, 0.2) is 0 Å². The lowest BCUT2D eigenvalue weighted by Crippen LogP contribution is -2.06. The van der Waals surface area contributed by atoms with Gasteiger partial charge in [0, 0.05) is 18.2 Å². The number of hydrogen-bond donors (Lipinski definition) is 1. The van der Waals surface area contributed by atoms with Crippen LogP contribution < -0.4 is 10.1 Å². The van der Waals surface area contributed by atoms with Crippen LogP contribution in [0.15, 0.2) is 16.7 Å². The van der Waals surface area contributed by atoms with Crippen LogP contribution in [-0.2, 0) is 13.0 Å². The predicted molar refractivity (Wildman–Crippen MR) is 71.1 cm³/mol. The van der Waals surface area contributed by atoms with Gasteiger partial charge in [-0.05, 0) is 13.8 Å². The fourth-order valence-corrected chi connectivity index (χ4v) is 1.59. The van der Waals surface area contributed by atoms with Crippen molar-refractivity contribution in [3.63, 3.8) is 0 Å². The predicted octanol–water partition coefficient (Wildman–Crippen LogP) is 2.35. The number of anilines is 1. The standard InChI is InChI=1S/C13H18N4O2/c1-4-10-7-14-12(19-10)8-15-13-16-9(3)6-11(17-13)18-5-2/h6-7H,4-5,8H2,1-3H3,(H,15,16,17). The highest BCUT2D eigenvalue weighted by molar-refractivity contribution is 5.30. The van der Waals surface area contributed by atoms with Crippen molar-refractivity contribution in [2.45, 2.75) is 33.7 Å². The number of aromatic nitrogens is 3. The van der Waals surface area contributed by atoms with E-state index < -0.39 is 0 Å². The number of nitrogens with zero attached hydrogens (tertiary/aromatic N) is 3. The first kappa shape index (κ1) is 13.3. The molecule has 0 aliphatic carbocycles. The summed E-state index contributed by atoms with van der Waals surface area (Å²) in [6.45, 7) is 6.87. The van der Waals surface area contributed by atoms with Gasteiger partial charge in [0.1, 0.15) is 5.76 Å². The topological polar surface area (TPSA) is 73.1 Å². The first-order chi connectivity index (χ1) is 9.21. The van der Waals surface area contributed by atoms with E-state index in [1.54, 1.807) is 12.3 Å². The fraction of sp³-hybridized carbons (Fsp3) is 0.462. The van der Waals surface area contributed by atoms with Crippen molar-refractivity contribution in [1.29, 1.82) is 0 Å². The molecule has 0 unspecified atom stereocenters. The van der Waals surface area contributed by atoms with Crippen LogP contribution in [0.25, 0.3) is 0 Å². The highest BCUT2D eigenvalue weighted by Crippen LogP contribution is 2.13. The van der Waals surface area contributed by atoms with E-state index in [9.17, 15) is 0 Å². The van der Waals surface area contributed by atoms with E-state index in [4.69, 9.17) is 9.15 Å². The van der Waals surface area contributed by atoms with Crippen molar-refractivity contribution in [3.8, 4) is 5.88 Å². The second-order valence-electron chi connectivity index (χ2n) is 4.03. The van der Waals surface area contributed by atoms with Gasteiger partial charge in [-0.15, -0.1) is 0 Å². The van der Waals surface area contributed by atoms with E-state index in [-0.39, 0.29) is 0 Å². The lowest BCUT2D eigenvalue weighted by molar-refractivity contribution is 0.326. The fourth-order valence-electron chi connectivity index (χ4n) is 1.59. The number of ether oxygens (including phenoxy) is 1. The number of oxazole rings is 1. The number of aryl methyl sites for hydroxylation is 2. The summed E-state index contributed by atoms with van der Waals surface area (Å²) in [5, 5.41) is 3.08. The molecule has 2 heterocycles. The normalized spacial score (nSPS) is 10.5. The Morgan fingerprint density at radius 1 is 1.32 bits per heavy atom. The van der Waals surface area contributed by atoms with E-state index >= 15 is 0 Å². The van der Waals surface area contributed by atoms with Gasteiger partial charge in [0.2, 0.25) is 17.7 Å². The van der Waals surface area contributed by atoms with E-state index in [0.717, 1.165) is 17.9 Å². The van der Waals surface area contributed by atoms with Gasteiger partial charge in [0.25, 0.3) is 0 Å². The Kier molecular flexibility index (Phi) is 4.33.